The number of benzene rings is 1. The van der Waals surface area contributed by atoms with Gasteiger partial charge in [-0.25, -0.2) is 4.98 Å². The van der Waals surface area contributed by atoms with E-state index in [1.54, 1.807) is 23.1 Å². The summed E-state index contributed by atoms with van der Waals surface area (Å²) in [4.78, 5) is 9.84. The first kappa shape index (κ1) is 19.7. The molecule has 0 atom stereocenters. The minimum atomic E-state index is -4.48. The molecule has 0 aliphatic carbocycles. The van der Waals surface area contributed by atoms with Gasteiger partial charge in [0.25, 0.3) is 0 Å². The first-order valence-electron chi connectivity index (χ1n) is 7.64. The van der Waals surface area contributed by atoms with Crippen molar-refractivity contribution < 1.29 is 17.9 Å². The Morgan fingerprint density at radius 1 is 1.11 bits per heavy atom. The maximum absolute atomic E-state index is 12.8. The number of para-hydroxylation sites is 1. The van der Waals surface area contributed by atoms with E-state index in [4.69, 9.17) is 4.74 Å². The van der Waals surface area contributed by atoms with Crippen LogP contribution in [-0.2, 0) is 6.18 Å². The molecular formula is C17H14F3IN4OS. The highest BCUT2D eigenvalue weighted by Crippen LogP contribution is 2.36. The zero-order valence-electron chi connectivity index (χ0n) is 14.2. The Bertz CT molecular complexity index is 946. The molecule has 10 heteroatoms. The van der Waals surface area contributed by atoms with Gasteiger partial charge in [-0.1, -0.05) is 12.1 Å². The van der Waals surface area contributed by atoms with Crippen molar-refractivity contribution in [2.75, 3.05) is 24.3 Å². The van der Waals surface area contributed by atoms with E-state index in [9.17, 15) is 13.2 Å². The Morgan fingerprint density at radius 2 is 1.85 bits per heavy atom. The van der Waals surface area contributed by atoms with Crippen LogP contribution in [0.4, 0.5) is 29.8 Å². The molecule has 0 bridgehead atoms. The van der Waals surface area contributed by atoms with Crippen LogP contribution < -0.4 is 15.0 Å². The molecule has 2 aromatic heterocycles. The number of nitrogens with one attached hydrogen (secondary N) is 1. The summed E-state index contributed by atoms with van der Waals surface area (Å²) in [6.45, 7) is 0. The summed E-state index contributed by atoms with van der Waals surface area (Å²) >= 11 is 3.00. The maximum Gasteiger partial charge on any atom is 0.434 e. The van der Waals surface area contributed by atoms with Crippen molar-refractivity contribution in [2.45, 2.75) is 6.18 Å². The Kier molecular flexibility index (Phi) is 5.75. The smallest absolute Gasteiger partial charge is 0.434 e. The average Bonchev–Trinajstić information content (AvgIpc) is 3.07. The van der Waals surface area contributed by atoms with Crippen LogP contribution >= 0.6 is 33.9 Å². The Hall–Kier alpha value is -2.08. The maximum atomic E-state index is 12.8. The molecule has 0 saturated heterocycles. The van der Waals surface area contributed by atoms with Crippen molar-refractivity contribution >= 4 is 50.6 Å². The van der Waals surface area contributed by atoms with Gasteiger partial charge in [0.15, 0.2) is 10.8 Å². The lowest BCUT2D eigenvalue weighted by Crippen LogP contribution is -2.11. The van der Waals surface area contributed by atoms with Crippen LogP contribution in [-0.4, -0.2) is 24.1 Å². The third-order valence-electron chi connectivity index (χ3n) is 3.38. The topological polar surface area (TPSA) is 50.3 Å². The molecule has 0 aliphatic heterocycles. The van der Waals surface area contributed by atoms with E-state index in [0.29, 0.717) is 17.3 Å². The van der Waals surface area contributed by atoms with Crippen molar-refractivity contribution in [3.8, 4) is 11.6 Å². The van der Waals surface area contributed by atoms with Gasteiger partial charge < -0.3 is 15.0 Å². The second kappa shape index (κ2) is 7.89. The van der Waals surface area contributed by atoms with Gasteiger partial charge in [0.1, 0.15) is 17.3 Å². The molecule has 1 aromatic carbocycles. The standard InChI is InChI=1S/C17H14F3IN4OS/c1-25(2)14-8-7-11(22-16-23-13(9-27-16)17(18,19)20)15(24-14)26-12-6-4-3-5-10(12)21/h3-9H,1-2H3,(H,22,23). The number of nitrogens with zero attached hydrogens (tertiary/aromatic N) is 3. The van der Waals surface area contributed by atoms with Crippen molar-refractivity contribution in [2.24, 2.45) is 0 Å². The van der Waals surface area contributed by atoms with Gasteiger partial charge in [-0.2, -0.15) is 18.2 Å². The van der Waals surface area contributed by atoms with E-state index in [0.717, 1.165) is 20.3 Å². The van der Waals surface area contributed by atoms with Crippen LogP contribution in [0, 0.1) is 3.57 Å². The average molecular weight is 506 g/mol. The van der Waals surface area contributed by atoms with Gasteiger partial charge in [0, 0.05) is 19.5 Å². The summed E-state index contributed by atoms with van der Waals surface area (Å²) in [6.07, 6.45) is -4.48. The van der Waals surface area contributed by atoms with Crippen LogP contribution in [0.2, 0.25) is 0 Å². The third kappa shape index (κ3) is 4.80. The summed E-state index contributed by atoms with van der Waals surface area (Å²) in [7, 11) is 3.67. The molecule has 1 N–H and O–H groups in total. The third-order valence-corrected chi connectivity index (χ3v) is 5.03. The van der Waals surface area contributed by atoms with Gasteiger partial charge in [0.2, 0.25) is 5.88 Å². The Morgan fingerprint density at radius 3 is 2.48 bits per heavy atom. The van der Waals surface area contributed by atoms with E-state index in [1.807, 2.05) is 32.3 Å². The van der Waals surface area contributed by atoms with E-state index in [1.165, 1.54) is 0 Å². The Balaban J connectivity index is 1.94. The molecule has 0 aliphatic rings. The largest absolute Gasteiger partial charge is 0.436 e. The molecule has 0 saturated carbocycles. The van der Waals surface area contributed by atoms with Crippen molar-refractivity contribution in [1.29, 1.82) is 0 Å². The first-order chi connectivity index (χ1) is 12.7. The van der Waals surface area contributed by atoms with Crippen molar-refractivity contribution in [3.05, 3.63) is 51.0 Å². The lowest BCUT2D eigenvalue weighted by molar-refractivity contribution is -0.140. The summed E-state index contributed by atoms with van der Waals surface area (Å²) in [5.74, 6) is 1.49. The lowest BCUT2D eigenvalue weighted by atomic mass is 10.3. The zero-order valence-corrected chi connectivity index (χ0v) is 17.2. The highest BCUT2D eigenvalue weighted by molar-refractivity contribution is 14.1. The molecule has 27 heavy (non-hydrogen) atoms. The number of hydrogen-bond donors (Lipinski definition) is 1. The second-order valence-electron chi connectivity index (χ2n) is 5.61. The fraction of sp³-hybridized carbons (Fsp3) is 0.176. The molecule has 2 heterocycles. The number of halogens is 4. The molecule has 5 nitrogen and oxygen atoms in total. The SMILES string of the molecule is CN(C)c1ccc(Nc2nc(C(F)(F)F)cs2)c(Oc2ccccc2I)n1. The summed E-state index contributed by atoms with van der Waals surface area (Å²) in [5, 5.41) is 3.94. The Labute approximate surface area is 171 Å². The normalized spacial score (nSPS) is 11.3. The number of aromatic nitrogens is 2. The van der Waals surface area contributed by atoms with Crippen LogP contribution in [0.3, 0.4) is 0 Å². The zero-order chi connectivity index (χ0) is 19.6. The fourth-order valence-electron chi connectivity index (χ4n) is 2.06. The molecule has 0 amide bonds. The summed E-state index contributed by atoms with van der Waals surface area (Å²) in [5.41, 5.74) is -0.517. The number of thiazole rings is 1. The molecule has 0 fully saturated rings. The number of rotatable bonds is 5. The predicted molar refractivity (Wildman–Crippen MR) is 108 cm³/mol. The van der Waals surface area contributed by atoms with Gasteiger partial charge in [-0.05, 0) is 46.9 Å². The number of pyridine rings is 1. The quantitative estimate of drug-likeness (QED) is 0.446. The molecule has 0 spiro atoms. The number of alkyl halides is 3. The highest BCUT2D eigenvalue weighted by atomic mass is 127. The van der Waals surface area contributed by atoms with Crippen LogP contribution in [0.15, 0.2) is 41.8 Å². The fourth-order valence-corrected chi connectivity index (χ4v) is 3.29. The van der Waals surface area contributed by atoms with E-state index in [2.05, 4.69) is 37.9 Å². The van der Waals surface area contributed by atoms with Crippen LogP contribution in [0.1, 0.15) is 5.69 Å². The molecule has 3 aromatic rings. The first-order valence-corrected chi connectivity index (χ1v) is 9.60. The van der Waals surface area contributed by atoms with E-state index in [-0.39, 0.29) is 11.0 Å². The number of hydrogen-bond acceptors (Lipinski definition) is 6. The minimum Gasteiger partial charge on any atom is -0.436 e. The predicted octanol–water partition coefficient (Wildman–Crippen LogP) is 5.76. The lowest BCUT2D eigenvalue weighted by Gasteiger charge is -2.16. The van der Waals surface area contributed by atoms with E-state index >= 15 is 0 Å². The van der Waals surface area contributed by atoms with Crippen molar-refractivity contribution in [3.63, 3.8) is 0 Å². The van der Waals surface area contributed by atoms with Gasteiger partial charge >= 0.3 is 6.18 Å². The molecule has 0 unspecified atom stereocenters. The summed E-state index contributed by atoms with van der Waals surface area (Å²) in [6, 6.07) is 10.8. The van der Waals surface area contributed by atoms with Crippen LogP contribution in [0.5, 0.6) is 11.6 Å². The molecule has 142 valence electrons. The van der Waals surface area contributed by atoms with Crippen molar-refractivity contribution in [1.82, 2.24) is 9.97 Å². The number of anilines is 3. The minimum absolute atomic E-state index is 0.106. The van der Waals surface area contributed by atoms with Gasteiger partial charge in [-0.15, -0.1) is 11.3 Å². The van der Waals surface area contributed by atoms with Crippen LogP contribution in [0.25, 0.3) is 0 Å². The highest BCUT2D eigenvalue weighted by Gasteiger charge is 2.33. The molecule has 0 radical (unpaired) electrons. The number of ether oxygens (including phenoxy) is 1. The van der Waals surface area contributed by atoms with Gasteiger partial charge in [0.05, 0.1) is 3.57 Å². The second-order valence-corrected chi connectivity index (χ2v) is 7.63. The van der Waals surface area contributed by atoms with E-state index < -0.39 is 11.9 Å². The molecular weight excluding hydrogens is 492 g/mol. The summed E-state index contributed by atoms with van der Waals surface area (Å²) < 4.78 is 45.1. The van der Waals surface area contributed by atoms with Gasteiger partial charge in [-0.3, -0.25) is 0 Å². The molecule has 3 rings (SSSR count). The monoisotopic (exact) mass is 506 g/mol.